The van der Waals surface area contributed by atoms with E-state index < -0.39 is 10.0 Å². The van der Waals surface area contributed by atoms with Crippen LogP contribution in [0.15, 0.2) is 33.9 Å². The Balaban J connectivity index is 2.10. The zero-order valence-corrected chi connectivity index (χ0v) is 12.6. The number of anilines is 1. The first kappa shape index (κ1) is 13.6. The molecule has 1 N–H and O–H groups in total. The molecule has 2 aromatic heterocycles. The number of nitrogens with zero attached hydrogens (tertiary/aromatic N) is 3. The molecule has 7 nitrogen and oxygen atoms in total. The van der Waals surface area contributed by atoms with Gasteiger partial charge in [0.25, 0.3) is 10.0 Å². The number of hydrogen-bond acceptors (Lipinski definition) is 5. The normalized spacial score (nSPS) is 12.0. The van der Waals surface area contributed by atoms with E-state index in [1.165, 1.54) is 11.4 Å². The highest BCUT2D eigenvalue weighted by molar-refractivity contribution is 7.92. The van der Waals surface area contributed by atoms with Crippen LogP contribution in [0, 0.1) is 13.8 Å². The maximum atomic E-state index is 12.7. The molecule has 0 saturated carbocycles. The van der Waals surface area contributed by atoms with E-state index >= 15 is 0 Å². The Hall–Kier alpha value is -2.35. The van der Waals surface area contributed by atoms with Crippen LogP contribution in [-0.4, -0.2) is 30.6 Å². The van der Waals surface area contributed by atoms with Crippen molar-refractivity contribution in [2.75, 3.05) is 11.4 Å². The van der Waals surface area contributed by atoms with Crippen molar-refractivity contribution < 1.29 is 12.9 Å². The van der Waals surface area contributed by atoms with Gasteiger partial charge < -0.3 is 9.51 Å². The van der Waals surface area contributed by atoms with Gasteiger partial charge in [-0.15, -0.1) is 0 Å². The van der Waals surface area contributed by atoms with Crippen LogP contribution < -0.4 is 4.31 Å². The van der Waals surface area contributed by atoms with Gasteiger partial charge in [-0.3, -0.25) is 4.31 Å². The minimum Gasteiger partial charge on any atom is -0.360 e. The molecule has 0 aliphatic heterocycles. The third-order valence-electron chi connectivity index (χ3n) is 3.35. The van der Waals surface area contributed by atoms with Crippen LogP contribution in [0.3, 0.4) is 0 Å². The zero-order chi connectivity index (χ0) is 15.2. The third kappa shape index (κ3) is 2.07. The number of benzene rings is 1. The van der Waals surface area contributed by atoms with Crippen LogP contribution in [0.5, 0.6) is 0 Å². The third-order valence-corrected chi connectivity index (χ3v) is 5.38. The fourth-order valence-electron chi connectivity index (χ4n) is 2.24. The number of nitrogens with one attached hydrogen (secondary N) is 1. The fourth-order valence-corrected chi connectivity index (χ4v) is 3.71. The van der Waals surface area contributed by atoms with Gasteiger partial charge in [-0.1, -0.05) is 5.16 Å². The summed E-state index contributed by atoms with van der Waals surface area (Å²) < 4.78 is 31.6. The van der Waals surface area contributed by atoms with Gasteiger partial charge in [0.05, 0.1) is 23.0 Å². The van der Waals surface area contributed by atoms with E-state index in [0.29, 0.717) is 11.4 Å². The number of aromatic amines is 1. The number of fused-ring (bicyclic) bond motifs is 1. The van der Waals surface area contributed by atoms with Crippen molar-refractivity contribution in [3.05, 3.63) is 36.0 Å². The molecule has 1 aromatic carbocycles. The fraction of sp³-hybridized carbons (Fsp3) is 0.231. The van der Waals surface area contributed by atoms with Gasteiger partial charge in [-0.2, -0.15) is 0 Å². The molecule has 0 aliphatic carbocycles. The Morgan fingerprint density at radius 3 is 2.71 bits per heavy atom. The van der Waals surface area contributed by atoms with Crippen LogP contribution in [0.25, 0.3) is 11.0 Å². The lowest BCUT2D eigenvalue weighted by molar-refractivity contribution is 0.390. The molecule has 110 valence electrons. The quantitative estimate of drug-likeness (QED) is 0.799. The summed E-state index contributed by atoms with van der Waals surface area (Å²) >= 11 is 0. The summed E-state index contributed by atoms with van der Waals surface area (Å²) in [5.41, 5.74) is 2.43. The molecule has 0 amide bonds. The monoisotopic (exact) mass is 306 g/mol. The first-order chi connectivity index (χ1) is 9.91. The van der Waals surface area contributed by atoms with Gasteiger partial charge in [0.1, 0.15) is 5.69 Å². The number of H-pyrrole nitrogens is 1. The average Bonchev–Trinajstić information content (AvgIpc) is 3.03. The van der Waals surface area contributed by atoms with Crippen LogP contribution in [0.1, 0.15) is 11.5 Å². The topological polar surface area (TPSA) is 92.1 Å². The predicted molar refractivity (Wildman–Crippen MR) is 77.7 cm³/mol. The second-order valence-corrected chi connectivity index (χ2v) is 6.64. The second kappa shape index (κ2) is 4.59. The van der Waals surface area contributed by atoms with E-state index in [2.05, 4.69) is 15.1 Å². The van der Waals surface area contributed by atoms with Gasteiger partial charge in [-0.05, 0) is 32.0 Å². The molecule has 3 aromatic rings. The number of imidazole rings is 1. The van der Waals surface area contributed by atoms with Crippen molar-refractivity contribution in [3.8, 4) is 0 Å². The van der Waals surface area contributed by atoms with E-state index in [0.717, 1.165) is 11.0 Å². The van der Waals surface area contributed by atoms with Crippen molar-refractivity contribution in [1.82, 2.24) is 15.1 Å². The molecule has 0 saturated heterocycles. The molecule has 21 heavy (non-hydrogen) atoms. The van der Waals surface area contributed by atoms with Crippen molar-refractivity contribution in [3.63, 3.8) is 0 Å². The minimum absolute atomic E-state index is 0.106. The van der Waals surface area contributed by atoms with E-state index in [9.17, 15) is 8.42 Å². The molecule has 8 heteroatoms. The van der Waals surface area contributed by atoms with Crippen molar-refractivity contribution >= 4 is 26.7 Å². The summed E-state index contributed by atoms with van der Waals surface area (Å²) in [5, 5.41) is 3.70. The van der Waals surface area contributed by atoms with E-state index in [-0.39, 0.29) is 10.7 Å². The summed E-state index contributed by atoms with van der Waals surface area (Å²) in [7, 11) is -2.22. The first-order valence-electron chi connectivity index (χ1n) is 6.26. The zero-order valence-electron chi connectivity index (χ0n) is 11.8. The summed E-state index contributed by atoms with van der Waals surface area (Å²) in [6.07, 6.45) is 1.57. The molecule has 0 fully saturated rings. The summed E-state index contributed by atoms with van der Waals surface area (Å²) in [6, 6.07) is 5.21. The molecule has 0 radical (unpaired) electrons. The Morgan fingerprint density at radius 2 is 2.05 bits per heavy atom. The maximum Gasteiger partial charge on any atom is 0.269 e. The summed E-state index contributed by atoms with van der Waals surface area (Å²) in [4.78, 5) is 7.18. The Kier molecular flexibility index (Phi) is 2.98. The van der Waals surface area contributed by atoms with Gasteiger partial charge in [0, 0.05) is 7.05 Å². The Bertz CT molecular complexity index is 891. The second-order valence-electron chi connectivity index (χ2n) is 4.73. The molecular formula is C13H14N4O3S. The van der Waals surface area contributed by atoms with Crippen LogP contribution in [-0.2, 0) is 10.0 Å². The van der Waals surface area contributed by atoms with E-state index in [1.807, 2.05) is 0 Å². The van der Waals surface area contributed by atoms with E-state index in [4.69, 9.17) is 4.52 Å². The smallest absolute Gasteiger partial charge is 0.269 e. The SMILES string of the molecule is Cc1noc(C)c1S(=O)(=O)N(C)c1ccc2nc[nH]c2c1. The maximum absolute atomic E-state index is 12.7. The number of rotatable bonds is 3. The molecular weight excluding hydrogens is 292 g/mol. The highest BCUT2D eigenvalue weighted by Gasteiger charge is 2.29. The van der Waals surface area contributed by atoms with E-state index in [1.54, 1.807) is 38.4 Å². The van der Waals surface area contributed by atoms with Crippen LogP contribution in [0.4, 0.5) is 5.69 Å². The summed E-state index contributed by atoms with van der Waals surface area (Å²) in [5.74, 6) is 0.280. The molecule has 2 heterocycles. The molecule has 0 aliphatic rings. The lowest BCUT2D eigenvalue weighted by atomic mass is 10.3. The Morgan fingerprint density at radius 1 is 1.29 bits per heavy atom. The van der Waals surface area contributed by atoms with Gasteiger partial charge in [0.2, 0.25) is 0 Å². The molecule has 0 spiro atoms. The number of hydrogen-bond donors (Lipinski definition) is 1. The lowest BCUT2D eigenvalue weighted by Crippen LogP contribution is -2.27. The standard InChI is InChI=1S/C13H14N4O3S/c1-8-13(9(2)20-16-8)21(18,19)17(3)10-4-5-11-12(6-10)15-7-14-11/h4-7H,1-3H3,(H,14,15). The highest BCUT2D eigenvalue weighted by atomic mass is 32.2. The van der Waals surface area contributed by atoms with Gasteiger partial charge >= 0.3 is 0 Å². The summed E-state index contributed by atoms with van der Waals surface area (Å²) in [6.45, 7) is 3.19. The number of sulfonamides is 1. The van der Waals surface area contributed by atoms with Gasteiger partial charge in [-0.25, -0.2) is 13.4 Å². The number of aromatic nitrogens is 3. The largest absolute Gasteiger partial charge is 0.360 e. The molecule has 3 rings (SSSR count). The molecule has 0 atom stereocenters. The molecule has 0 unspecified atom stereocenters. The first-order valence-corrected chi connectivity index (χ1v) is 7.70. The Labute approximate surface area is 121 Å². The van der Waals surface area contributed by atoms with Crippen LogP contribution in [0.2, 0.25) is 0 Å². The number of aryl methyl sites for hydroxylation is 2. The van der Waals surface area contributed by atoms with Gasteiger partial charge in [0.15, 0.2) is 10.7 Å². The molecule has 0 bridgehead atoms. The minimum atomic E-state index is -3.72. The van der Waals surface area contributed by atoms with Crippen molar-refractivity contribution in [2.45, 2.75) is 18.7 Å². The predicted octanol–water partition coefficient (Wildman–Crippen LogP) is 1.99. The highest BCUT2D eigenvalue weighted by Crippen LogP contribution is 2.27. The average molecular weight is 306 g/mol. The van der Waals surface area contributed by atoms with Crippen molar-refractivity contribution in [2.24, 2.45) is 0 Å². The lowest BCUT2D eigenvalue weighted by Gasteiger charge is -2.19. The van der Waals surface area contributed by atoms with Crippen molar-refractivity contribution in [1.29, 1.82) is 0 Å². The van der Waals surface area contributed by atoms with Crippen LogP contribution >= 0.6 is 0 Å².